The normalized spacial score (nSPS) is 18.8. The van der Waals surface area contributed by atoms with Crippen LogP contribution in [0.5, 0.6) is 0 Å². The van der Waals surface area contributed by atoms with Crippen molar-refractivity contribution in [3.05, 3.63) is 11.1 Å². The largest absolute Gasteiger partial charge is 0.383 e. The molecule has 0 spiro atoms. The molecule has 3 heterocycles. The first-order valence-electron chi connectivity index (χ1n) is 8.01. The summed E-state index contributed by atoms with van der Waals surface area (Å²) in [7, 11) is 1.62. The zero-order valence-corrected chi connectivity index (χ0v) is 14.2. The number of methoxy groups -OCH3 is 1. The van der Waals surface area contributed by atoms with Crippen molar-refractivity contribution in [1.82, 2.24) is 14.8 Å². The summed E-state index contributed by atoms with van der Waals surface area (Å²) in [6, 6.07) is -0.0617. The number of aromatic nitrogens is 1. The van der Waals surface area contributed by atoms with Gasteiger partial charge in [0.25, 0.3) is 5.91 Å². The van der Waals surface area contributed by atoms with E-state index in [0.717, 1.165) is 25.9 Å². The number of urea groups is 1. The van der Waals surface area contributed by atoms with E-state index >= 15 is 0 Å². The molecular formula is C15H22N4O3S. The number of carbonyl (C=O) groups is 2. The van der Waals surface area contributed by atoms with Crippen LogP contribution in [0.15, 0.2) is 5.38 Å². The van der Waals surface area contributed by atoms with Gasteiger partial charge in [0.15, 0.2) is 5.13 Å². The van der Waals surface area contributed by atoms with Crippen LogP contribution in [-0.4, -0.2) is 73.2 Å². The molecule has 2 aliphatic heterocycles. The third-order valence-corrected chi connectivity index (χ3v) is 5.11. The lowest BCUT2D eigenvalue weighted by Crippen LogP contribution is -2.36. The Labute approximate surface area is 139 Å². The summed E-state index contributed by atoms with van der Waals surface area (Å²) < 4.78 is 5.02. The predicted octanol–water partition coefficient (Wildman–Crippen LogP) is 1.66. The van der Waals surface area contributed by atoms with E-state index in [1.165, 1.54) is 17.8 Å². The average Bonchev–Trinajstić information content (AvgIpc) is 3.20. The van der Waals surface area contributed by atoms with E-state index in [1.54, 1.807) is 22.3 Å². The molecule has 1 aromatic heterocycles. The minimum atomic E-state index is -0.0617. The van der Waals surface area contributed by atoms with E-state index in [4.69, 9.17) is 4.74 Å². The third kappa shape index (κ3) is 3.48. The maximum absolute atomic E-state index is 12.5. The second kappa shape index (κ2) is 7.27. The highest BCUT2D eigenvalue weighted by Gasteiger charge is 2.32. The van der Waals surface area contributed by atoms with Gasteiger partial charge in [-0.15, -0.1) is 11.3 Å². The minimum Gasteiger partial charge on any atom is -0.383 e. The first-order valence-corrected chi connectivity index (χ1v) is 8.89. The highest BCUT2D eigenvalue weighted by Crippen LogP contribution is 2.25. The van der Waals surface area contributed by atoms with Crippen LogP contribution in [0.1, 0.15) is 29.8 Å². The lowest BCUT2D eigenvalue weighted by Gasteiger charge is -2.25. The standard InChI is InChI=1S/C15H22N4O3S/c1-22-10-9-18-7-8-19(15(18)21)14-16-12(11-23-14)13(20)17-5-3-2-4-6-17/h11H,2-10H2,1H3. The molecule has 0 radical (unpaired) electrons. The van der Waals surface area contributed by atoms with Crippen molar-refractivity contribution in [2.45, 2.75) is 19.3 Å². The van der Waals surface area contributed by atoms with Crippen LogP contribution >= 0.6 is 11.3 Å². The van der Waals surface area contributed by atoms with Crippen molar-refractivity contribution in [2.75, 3.05) is 51.3 Å². The summed E-state index contributed by atoms with van der Waals surface area (Å²) in [6.07, 6.45) is 3.30. The molecule has 126 valence electrons. The van der Waals surface area contributed by atoms with E-state index in [0.29, 0.717) is 37.1 Å². The van der Waals surface area contributed by atoms with Crippen molar-refractivity contribution in [1.29, 1.82) is 0 Å². The summed E-state index contributed by atoms with van der Waals surface area (Å²) in [5.41, 5.74) is 0.454. The lowest BCUT2D eigenvalue weighted by molar-refractivity contribution is 0.0719. The van der Waals surface area contributed by atoms with Gasteiger partial charge in [-0.25, -0.2) is 9.78 Å². The molecule has 2 saturated heterocycles. The van der Waals surface area contributed by atoms with Crippen molar-refractivity contribution < 1.29 is 14.3 Å². The Kier molecular flexibility index (Phi) is 5.12. The van der Waals surface area contributed by atoms with Crippen molar-refractivity contribution in [2.24, 2.45) is 0 Å². The van der Waals surface area contributed by atoms with E-state index in [-0.39, 0.29) is 11.9 Å². The van der Waals surface area contributed by atoms with Crippen LogP contribution in [0, 0.1) is 0 Å². The number of anilines is 1. The molecule has 0 aliphatic carbocycles. The monoisotopic (exact) mass is 338 g/mol. The van der Waals surface area contributed by atoms with Crippen LogP contribution < -0.4 is 4.90 Å². The van der Waals surface area contributed by atoms with Gasteiger partial charge in [0.2, 0.25) is 0 Å². The Morgan fingerprint density at radius 2 is 2.04 bits per heavy atom. The highest BCUT2D eigenvalue weighted by atomic mass is 32.1. The number of hydrogen-bond donors (Lipinski definition) is 0. The Balaban J connectivity index is 1.65. The van der Waals surface area contributed by atoms with Crippen LogP contribution in [0.2, 0.25) is 0 Å². The maximum atomic E-state index is 12.5. The summed E-state index contributed by atoms with van der Waals surface area (Å²) in [5, 5.41) is 2.37. The van der Waals surface area contributed by atoms with Crippen molar-refractivity contribution in [3.63, 3.8) is 0 Å². The Morgan fingerprint density at radius 3 is 2.78 bits per heavy atom. The van der Waals surface area contributed by atoms with Gasteiger partial charge < -0.3 is 14.5 Å². The second-order valence-electron chi connectivity index (χ2n) is 5.78. The van der Waals surface area contributed by atoms with E-state index in [1.807, 2.05) is 4.90 Å². The molecule has 0 saturated carbocycles. The van der Waals surface area contributed by atoms with Gasteiger partial charge in [-0.2, -0.15) is 0 Å². The van der Waals surface area contributed by atoms with Crippen LogP contribution in [0.25, 0.3) is 0 Å². The molecule has 0 unspecified atom stereocenters. The third-order valence-electron chi connectivity index (χ3n) is 4.25. The number of thiazole rings is 1. The topological polar surface area (TPSA) is 66.0 Å². The van der Waals surface area contributed by atoms with Gasteiger partial charge in [0.1, 0.15) is 5.69 Å². The van der Waals surface area contributed by atoms with Crippen molar-refractivity contribution >= 4 is 28.4 Å². The molecule has 2 fully saturated rings. The summed E-state index contributed by atoms with van der Waals surface area (Å²) in [5.74, 6) is -0.0184. The van der Waals surface area contributed by atoms with E-state index in [2.05, 4.69) is 4.98 Å². The first kappa shape index (κ1) is 16.2. The molecule has 23 heavy (non-hydrogen) atoms. The van der Waals surface area contributed by atoms with Crippen LogP contribution in [-0.2, 0) is 4.74 Å². The molecule has 3 amide bonds. The zero-order valence-electron chi connectivity index (χ0n) is 13.4. The van der Waals surface area contributed by atoms with E-state index < -0.39 is 0 Å². The van der Waals surface area contributed by atoms with Gasteiger partial charge in [0, 0.05) is 45.2 Å². The molecule has 0 aromatic carbocycles. The van der Waals surface area contributed by atoms with Gasteiger partial charge >= 0.3 is 6.03 Å². The number of amides is 3. The Bertz CT molecular complexity index is 571. The SMILES string of the molecule is COCCN1CCN(c2nc(C(=O)N3CCCCC3)cs2)C1=O. The number of ether oxygens (including phenoxy) is 1. The molecule has 7 nitrogen and oxygen atoms in total. The fourth-order valence-electron chi connectivity index (χ4n) is 2.91. The molecule has 0 bridgehead atoms. The first-order chi connectivity index (χ1) is 11.2. The predicted molar refractivity (Wildman–Crippen MR) is 88.1 cm³/mol. The number of nitrogens with zero attached hydrogens (tertiary/aromatic N) is 4. The molecule has 0 N–H and O–H groups in total. The van der Waals surface area contributed by atoms with Crippen LogP contribution in [0.3, 0.4) is 0 Å². The molecule has 1 aromatic rings. The Hall–Kier alpha value is -1.67. The maximum Gasteiger partial charge on any atom is 0.326 e. The van der Waals surface area contributed by atoms with E-state index in [9.17, 15) is 9.59 Å². The fraction of sp³-hybridized carbons (Fsp3) is 0.667. The van der Waals surface area contributed by atoms with Crippen molar-refractivity contribution in [3.8, 4) is 0 Å². The summed E-state index contributed by atoms with van der Waals surface area (Å²) in [6.45, 7) is 3.98. The minimum absolute atomic E-state index is 0.0184. The highest BCUT2D eigenvalue weighted by molar-refractivity contribution is 7.14. The number of rotatable bonds is 5. The van der Waals surface area contributed by atoms with Gasteiger partial charge in [-0.3, -0.25) is 9.69 Å². The average molecular weight is 338 g/mol. The molecule has 3 rings (SSSR count). The molecule has 8 heteroatoms. The van der Waals surface area contributed by atoms with Crippen LogP contribution in [0.4, 0.5) is 9.93 Å². The van der Waals surface area contributed by atoms with Gasteiger partial charge in [-0.05, 0) is 19.3 Å². The number of likely N-dealkylation sites (tertiary alicyclic amines) is 1. The number of piperidine rings is 1. The zero-order chi connectivity index (χ0) is 16.2. The lowest BCUT2D eigenvalue weighted by atomic mass is 10.1. The smallest absolute Gasteiger partial charge is 0.326 e. The number of carbonyl (C=O) groups excluding carboxylic acids is 2. The van der Waals surface area contributed by atoms with Gasteiger partial charge in [0.05, 0.1) is 6.61 Å². The molecule has 0 atom stereocenters. The summed E-state index contributed by atoms with van der Waals surface area (Å²) >= 11 is 1.36. The second-order valence-corrected chi connectivity index (χ2v) is 6.62. The van der Waals surface area contributed by atoms with Gasteiger partial charge in [-0.1, -0.05) is 0 Å². The summed E-state index contributed by atoms with van der Waals surface area (Å²) in [4.78, 5) is 34.5. The Morgan fingerprint density at radius 1 is 1.26 bits per heavy atom. The quantitative estimate of drug-likeness (QED) is 0.819. The molecule has 2 aliphatic rings. The number of hydrogen-bond acceptors (Lipinski definition) is 5. The fourth-order valence-corrected chi connectivity index (χ4v) is 3.73. The molecular weight excluding hydrogens is 316 g/mol.